The molecule has 6 heteroatoms. The van der Waals surface area contributed by atoms with Crippen LogP contribution in [0.25, 0.3) is 0 Å². The minimum Gasteiger partial charge on any atom is -0.357 e. The van der Waals surface area contributed by atoms with E-state index in [1.54, 1.807) is 0 Å². The summed E-state index contributed by atoms with van der Waals surface area (Å²) >= 11 is 0. The summed E-state index contributed by atoms with van der Waals surface area (Å²) in [6, 6.07) is 0. The van der Waals surface area contributed by atoms with E-state index in [1.807, 2.05) is 20.8 Å². The Morgan fingerprint density at radius 3 is 2.27 bits per heavy atom. The van der Waals surface area contributed by atoms with Gasteiger partial charge in [0.1, 0.15) is 0 Å². The Balaban J connectivity index is 0.00000441. The van der Waals surface area contributed by atoms with E-state index in [9.17, 15) is 4.21 Å². The Hall–Kier alpha value is 0.150. The smallest absolute Gasteiger partial charge is 0.193 e. The lowest BCUT2D eigenvalue weighted by Crippen LogP contribution is -2.48. The van der Waals surface area contributed by atoms with Crippen molar-refractivity contribution in [3.8, 4) is 0 Å². The Labute approximate surface area is 156 Å². The van der Waals surface area contributed by atoms with E-state index in [1.165, 1.54) is 6.42 Å². The van der Waals surface area contributed by atoms with Crippen molar-refractivity contribution in [3.63, 3.8) is 0 Å². The van der Waals surface area contributed by atoms with Crippen LogP contribution in [-0.2, 0) is 10.8 Å². The average Bonchev–Trinajstić information content (AvgIpc) is 2.35. The van der Waals surface area contributed by atoms with E-state index in [2.05, 4.69) is 31.0 Å². The van der Waals surface area contributed by atoms with Crippen molar-refractivity contribution >= 4 is 40.7 Å². The molecule has 0 spiro atoms. The van der Waals surface area contributed by atoms with Crippen LogP contribution in [0.3, 0.4) is 0 Å². The Kier molecular flexibility index (Phi) is 10.2. The van der Waals surface area contributed by atoms with Crippen LogP contribution in [0.5, 0.6) is 0 Å². The van der Waals surface area contributed by atoms with Crippen LogP contribution in [0.2, 0.25) is 0 Å². The number of hydrogen-bond donors (Lipinski definition) is 1. The van der Waals surface area contributed by atoms with E-state index in [0.717, 1.165) is 25.6 Å². The van der Waals surface area contributed by atoms with Gasteiger partial charge in [0, 0.05) is 40.9 Å². The second kappa shape index (κ2) is 10.1. The topological polar surface area (TPSA) is 44.7 Å². The lowest BCUT2D eigenvalue weighted by Gasteiger charge is -2.37. The first-order valence-corrected chi connectivity index (χ1v) is 9.47. The molecule has 1 aliphatic rings. The standard InChI is InChI=1S/C16H33N3OS.HI/c1-7-17-15(18-8-9-21(20)16(4,5)6)19-11-13(2)10-14(3)12-19;/h13-14H,7-12H2,1-6H3,(H,17,18);1H. The number of nitrogens with zero attached hydrogens (tertiary/aromatic N) is 2. The van der Waals surface area contributed by atoms with Gasteiger partial charge in [-0.15, -0.1) is 24.0 Å². The van der Waals surface area contributed by atoms with Gasteiger partial charge in [-0.1, -0.05) is 13.8 Å². The van der Waals surface area contributed by atoms with Gasteiger partial charge in [-0.3, -0.25) is 9.20 Å². The van der Waals surface area contributed by atoms with Gasteiger partial charge in [-0.2, -0.15) is 0 Å². The van der Waals surface area contributed by atoms with Crippen LogP contribution >= 0.6 is 24.0 Å². The second-order valence-corrected chi connectivity index (χ2v) is 9.57. The van der Waals surface area contributed by atoms with Crippen molar-refractivity contribution in [2.45, 2.75) is 52.7 Å². The number of piperidine rings is 1. The molecule has 0 bridgehead atoms. The Morgan fingerprint density at radius 2 is 1.82 bits per heavy atom. The second-order valence-electron chi connectivity index (χ2n) is 7.25. The molecule has 1 saturated heterocycles. The average molecular weight is 443 g/mol. The highest BCUT2D eigenvalue weighted by atomic mass is 127. The third kappa shape index (κ3) is 7.62. The molecule has 1 N–H and O–H groups in total. The van der Waals surface area contributed by atoms with Gasteiger partial charge >= 0.3 is 0 Å². The molecule has 132 valence electrons. The maximum absolute atomic E-state index is 12.1. The molecule has 1 aliphatic heterocycles. The molecule has 0 aliphatic carbocycles. The van der Waals surface area contributed by atoms with Crippen LogP contribution in [-0.4, -0.2) is 51.7 Å². The monoisotopic (exact) mass is 443 g/mol. The van der Waals surface area contributed by atoms with Crippen molar-refractivity contribution in [1.82, 2.24) is 10.2 Å². The van der Waals surface area contributed by atoms with Crippen LogP contribution in [0.4, 0.5) is 0 Å². The molecule has 0 amide bonds. The van der Waals surface area contributed by atoms with Crippen LogP contribution in [0, 0.1) is 11.8 Å². The van der Waals surface area contributed by atoms with Crippen LogP contribution in [0.1, 0.15) is 48.0 Å². The quantitative estimate of drug-likeness (QED) is 0.413. The van der Waals surface area contributed by atoms with Crippen molar-refractivity contribution in [2.75, 3.05) is 31.9 Å². The van der Waals surface area contributed by atoms with Crippen LogP contribution < -0.4 is 5.32 Å². The van der Waals surface area contributed by atoms with Gasteiger partial charge in [-0.05, 0) is 46.0 Å². The molecule has 0 aromatic rings. The Morgan fingerprint density at radius 1 is 1.27 bits per heavy atom. The lowest BCUT2D eigenvalue weighted by molar-refractivity contribution is 0.208. The molecule has 3 unspecified atom stereocenters. The van der Waals surface area contributed by atoms with Gasteiger partial charge in [-0.25, -0.2) is 0 Å². The third-order valence-corrected chi connectivity index (χ3v) is 5.64. The first-order chi connectivity index (χ1) is 9.74. The number of guanidine groups is 1. The normalized spacial score (nSPS) is 24.6. The fourth-order valence-electron chi connectivity index (χ4n) is 2.80. The first kappa shape index (κ1) is 22.1. The van der Waals surface area contributed by atoms with Gasteiger partial charge in [0.05, 0.1) is 6.54 Å². The summed E-state index contributed by atoms with van der Waals surface area (Å²) in [5.41, 5.74) is 0. The number of rotatable bonds is 4. The number of halogens is 1. The highest BCUT2D eigenvalue weighted by molar-refractivity contribution is 14.0. The molecular formula is C16H34IN3OS. The van der Waals surface area contributed by atoms with Crippen molar-refractivity contribution in [2.24, 2.45) is 16.8 Å². The summed E-state index contributed by atoms with van der Waals surface area (Å²) in [7, 11) is -0.830. The predicted octanol–water partition coefficient (Wildman–Crippen LogP) is 3.10. The zero-order chi connectivity index (χ0) is 16.0. The summed E-state index contributed by atoms with van der Waals surface area (Å²) in [4.78, 5) is 7.06. The molecule has 22 heavy (non-hydrogen) atoms. The zero-order valence-corrected chi connectivity index (χ0v) is 18.2. The summed E-state index contributed by atoms with van der Waals surface area (Å²) in [6.07, 6.45) is 1.30. The molecule has 1 heterocycles. The maximum atomic E-state index is 12.1. The molecule has 0 aromatic carbocycles. The largest absolute Gasteiger partial charge is 0.357 e. The molecular weight excluding hydrogens is 409 g/mol. The highest BCUT2D eigenvalue weighted by Crippen LogP contribution is 2.20. The van der Waals surface area contributed by atoms with Crippen molar-refractivity contribution in [3.05, 3.63) is 0 Å². The molecule has 4 nitrogen and oxygen atoms in total. The number of hydrogen-bond acceptors (Lipinski definition) is 2. The predicted molar refractivity (Wildman–Crippen MR) is 109 cm³/mol. The first-order valence-electron chi connectivity index (χ1n) is 8.15. The van der Waals surface area contributed by atoms with Gasteiger partial charge < -0.3 is 10.2 Å². The summed E-state index contributed by atoms with van der Waals surface area (Å²) in [5, 5.41) is 3.38. The minimum atomic E-state index is -0.830. The summed E-state index contributed by atoms with van der Waals surface area (Å²) in [5.74, 6) is 3.04. The molecule has 0 saturated carbocycles. The van der Waals surface area contributed by atoms with E-state index >= 15 is 0 Å². The summed E-state index contributed by atoms with van der Waals surface area (Å²) < 4.78 is 11.9. The number of likely N-dealkylation sites (tertiary alicyclic amines) is 1. The number of aliphatic imine (C=N–C) groups is 1. The molecule has 3 atom stereocenters. The Bertz CT molecular complexity index is 372. The number of nitrogens with one attached hydrogen (secondary N) is 1. The highest BCUT2D eigenvalue weighted by Gasteiger charge is 2.24. The molecule has 0 radical (unpaired) electrons. The van der Waals surface area contributed by atoms with Crippen LogP contribution in [0.15, 0.2) is 4.99 Å². The van der Waals surface area contributed by atoms with E-state index in [-0.39, 0.29) is 28.7 Å². The van der Waals surface area contributed by atoms with Gasteiger partial charge in [0.2, 0.25) is 0 Å². The van der Waals surface area contributed by atoms with Gasteiger partial charge in [0.15, 0.2) is 5.96 Å². The lowest BCUT2D eigenvalue weighted by atomic mass is 9.92. The summed E-state index contributed by atoms with van der Waals surface area (Å²) in [6.45, 7) is 16.4. The maximum Gasteiger partial charge on any atom is 0.193 e. The molecule has 0 aromatic heterocycles. The van der Waals surface area contributed by atoms with E-state index in [0.29, 0.717) is 24.1 Å². The van der Waals surface area contributed by atoms with E-state index in [4.69, 9.17) is 4.99 Å². The minimum absolute atomic E-state index is 0. The third-order valence-electron chi connectivity index (χ3n) is 3.72. The van der Waals surface area contributed by atoms with Crippen molar-refractivity contribution in [1.29, 1.82) is 0 Å². The fraction of sp³-hybridized carbons (Fsp3) is 0.938. The molecule has 1 fully saturated rings. The SMILES string of the molecule is CCNC(=NCCS(=O)C(C)(C)C)N1CC(C)CC(C)C1.I. The van der Waals surface area contributed by atoms with Gasteiger partial charge in [0.25, 0.3) is 0 Å². The zero-order valence-electron chi connectivity index (χ0n) is 15.0. The van der Waals surface area contributed by atoms with E-state index < -0.39 is 10.8 Å². The fourth-order valence-corrected chi connectivity index (χ4v) is 3.67. The molecule has 1 rings (SSSR count). The van der Waals surface area contributed by atoms with Crippen molar-refractivity contribution < 1.29 is 4.21 Å².